The number of carbonyl (C=O) groups is 3. The number of imide groups is 1. The van der Waals surface area contributed by atoms with E-state index < -0.39 is 29.9 Å². The van der Waals surface area contributed by atoms with Gasteiger partial charge in [0.05, 0.1) is 7.11 Å². The van der Waals surface area contributed by atoms with Crippen molar-refractivity contribution in [3.63, 3.8) is 0 Å². The van der Waals surface area contributed by atoms with Crippen LogP contribution in [0.25, 0.3) is 0 Å². The van der Waals surface area contributed by atoms with Crippen molar-refractivity contribution in [3.8, 4) is 17.2 Å². The summed E-state index contributed by atoms with van der Waals surface area (Å²) in [6.45, 7) is 3.23. The average Bonchev–Trinajstić information content (AvgIpc) is 3.03. The number of rotatable bonds is 8. The summed E-state index contributed by atoms with van der Waals surface area (Å²) >= 11 is 0. The number of ether oxygens (including phenoxy) is 2. The largest absolute Gasteiger partial charge is 0.496 e. The van der Waals surface area contributed by atoms with E-state index in [1.807, 2.05) is 49.4 Å². The Bertz CT molecular complexity index is 1260. The normalized spacial score (nSPS) is 17.2. The van der Waals surface area contributed by atoms with Gasteiger partial charge in [-0.3, -0.25) is 14.5 Å². The molecule has 0 aromatic heterocycles. The lowest BCUT2D eigenvalue weighted by Crippen LogP contribution is -2.46. The molecule has 4 amide bonds. The number of hydrogen-bond acceptors (Lipinski definition) is 5. The first kappa shape index (κ1) is 23.8. The maximum absolute atomic E-state index is 13.1. The molecule has 180 valence electrons. The summed E-state index contributed by atoms with van der Waals surface area (Å²) in [4.78, 5) is 39.2. The third kappa shape index (κ3) is 5.43. The quantitative estimate of drug-likeness (QED) is 0.476. The number of hydrogen-bond donors (Lipinski definition) is 2. The van der Waals surface area contributed by atoms with E-state index in [1.165, 1.54) is 0 Å². The van der Waals surface area contributed by atoms with Crippen LogP contribution in [0.1, 0.15) is 18.1 Å². The topological polar surface area (TPSA) is 97.0 Å². The molecule has 3 aromatic carbocycles. The van der Waals surface area contributed by atoms with Gasteiger partial charge < -0.3 is 20.1 Å². The smallest absolute Gasteiger partial charge is 0.325 e. The summed E-state index contributed by atoms with van der Waals surface area (Å²) in [5, 5.41) is 5.44. The van der Waals surface area contributed by atoms with E-state index in [9.17, 15) is 14.4 Å². The summed E-state index contributed by atoms with van der Waals surface area (Å²) in [6, 6.07) is 21.2. The number of carbonyl (C=O) groups excluding carboxylic acids is 3. The number of nitrogens with zero attached hydrogens (tertiary/aromatic N) is 1. The van der Waals surface area contributed by atoms with Gasteiger partial charge in [0.1, 0.15) is 29.3 Å². The Labute approximate surface area is 203 Å². The number of urea groups is 1. The zero-order valence-corrected chi connectivity index (χ0v) is 19.8. The molecule has 8 nitrogen and oxygen atoms in total. The second-order valence-corrected chi connectivity index (χ2v) is 8.63. The average molecular weight is 474 g/mol. The maximum atomic E-state index is 13.1. The van der Waals surface area contributed by atoms with Crippen molar-refractivity contribution in [2.24, 2.45) is 0 Å². The molecular weight excluding hydrogens is 446 g/mol. The molecule has 0 saturated carbocycles. The molecule has 1 heterocycles. The minimum absolute atomic E-state index is 0.238. The lowest BCUT2D eigenvalue weighted by Gasteiger charge is -2.22. The van der Waals surface area contributed by atoms with Crippen molar-refractivity contribution < 1.29 is 23.9 Å². The standard InChI is InChI=1S/C27H27N3O5/c1-18-7-6-9-22(15-18)35-21-13-11-20(12-14-21)28-24(31)17-30-25(32)27(2,29-26(30)33)16-19-8-4-5-10-23(19)34-3/h4-15H,16-17H2,1-3H3,(H,28,31)(H,29,33)/t27-/m1/s1. The highest BCUT2D eigenvalue weighted by Crippen LogP contribution is 2.28. The van der Waals surface area contributed by atoms with Crippen LogP contribution in [0.5, 0.6) is 17.2 Å². The maximum Gasteiger partial charge on any atom is 0.325 e. The molecule has 0 spiro atoms. The van der Waals surface area contributed by atoms with Gasteiger partial charge in [-0.15, -0.1) is 0 Å². The first-order valence-electron chi connectivity index (χ1n) is 11.2. The van der Waals surface area contributed by atoms with Gasteiger partial charge in [-0.05, 0) is 67.4 Å². The number of nitrogens with one attached hydrogen (secondary N) is 2. The van der Waals surface area contributed by atoms with Crippen LogP contribution in [0.15, 0.2) is 72.8 Å². The van der Waals surface area contributed by atoms with Crippen LogP contribution >= 0.6 is 0 Å². The highest BCUT2D eigenvalue weighted by atomic mass is 16.5. The number of methoxy groups -OCH3 is 1. The lowest BCUT2D eigenvalue weighted by molar-refractivity contribution is -0.133. The van der Waals surface area contributed by atoms with Crippen LogP contribution in [0.3, 0.4) is 0 Å². The Morgan fingerprint density at radius 2 is 1.74 bits per heavy atom. The van der Waals surface area contributed by atoms with Crippen LogP contribution < -0.4 is 20.1 Å². The fourth-order valence-electron chi connectivity index (χ4n) is 4.01. The second kappa shape index (κ2) is 9.89. The Balaban J connectivity index is 1.37. The van der Waals surface area contributed by atoms with Crippen molar-refractivity contribution in [2.75, 3.05) is 19.0 Å². The van der Waals surface area contributed by atoms with E-state index in [4.69, 9.17) is 9.47 Å². The van der Waals surface area contributed by atoms with E-state index in [0.717, 1.165) is 21.8 Å². The molecule has 0 aliphatic carbocycles. The Morgan fingerprint density at radius 1 is 1.00 bits per heavy atom. The van der Waals surface area contributed by atoms with Gasteiger partial charge in [-0.25, -0.2) is 4.79 Å². The third-order valence-electron chi connectivity index (χ3n) is 5.75. The van der Waals surface area contributed by atoms with Gasteiger partial charge in [0.15, 0.2) is 0 Å². The first-order chi connectivity index (χ1) is 16.8. The molecule has 1 saturated heterocycles. The molecule has 0 radical (unpaired) electrons. The molecule has 4 rings (SSSR count). The predicted octanol–water partition coefficient (Wildman–Crippen LogP) is 4.29. The van der Waals surface area contributed by atoms with Gasteiger partial charge in [-0.1, -0.05) is 30.3 Å². The first-order valence-corrected chi connectivity index (χ1v) is 11.2. The zero-order chi connectivity index (χ0) is 25.0. The third-order valence-corrected chi connectivity index (χ3v) is 5.75. The molecule has 1 fully saturated rings. The van der Waals surface area contributed by atoms with Crippen molar-refractivity contribution >= 4 is 23.5 Å². The van der Waals surface area contributed by atoms with E-state index in [-0.39, 0.29) is 6.42 Å². The van der Waals surface area contributed by atoms with Crippen LogP contribution in [-0.2, 0) is 16.0 Å². The van der Waals surface area contributed by atoms with Crippen LogP contribution in [-0.4, -0.2) is 41.9 Å². The fourth-order valence-corrected chi connectivity index (χ4v) is 4.01. The Hall–Kier alpha value is -4.33. The SMILES string of the molecule is COc1ccccc1C[C@@]1(C)NC(=O)N(CC(=O)Nc2ccc(Oc3cccc(C)c3)cc2)C1=O. The molecule has 1 atom stereocenters. The minimum Gasteiger partial charge on any atom is -0.496 e. The number of anilines is 1. The van der Waals surface area contributed by atoms with Crippen molar-refractivity contribution in [3.05, 3.63) is 83.9 Å². The lowest BCUT2D eigenvalue weighted by atomic mass is 9.92. The number of aryl methyl sites for hydroxylation is 1. The molecule has 0 unspecified atom stereocenters. The van der Waals surface area contributed by atoms with Crippen molar-refractivity contribution in [1.82, 2.24) is 10.2 Å². The van der Waals surface area contributed by atoms with E-state index >= 15 is 0 Å². The van der Waals surface area contributed by atoms with Gasteiger partial charge in [0, 0.05) is 12.1 Å². The molecular formula is C27H27N3O5. The number of amides is 4. The molecule has 0 bridgehead atoms. The highest BCUT2D eigenvalue weighted by molar-refractivity contribution is 6.10. The second-order valence-electron chi connectivity index (χ2n) is 8.63. The summed E-state index contributed by atoms with van der Waals surface area (Å²) in [5.41, 5.74) is 1.22. The molecule has 1 aliphatic heterocycles. The Kier molecular flexibility index (Phi) is 6.73. The van der Waals surface area contributed by atoms with E-state index in [1.54, 1.807) is 44.4 Å². The van der Waals surface area contributed by atoms with Gasteiger partial charge in [0.25, 0.3) is 5.91 Å². The van der Waals surface area contributed by atoms with Crippen molar-refractivity contribution in [2.45, 2.75) is 25.8 Å². The van der Waals surface area contributed by atoms with Crippen LogP contribution in [0.2, 0.25) is 0 Å². The molecule has 2 N–H and O–H groups in total. The minimum atomic E-state index is -1.18. The highest BCUT2D eigenvalue weighted by Gasteiger charge is 2.48. The van der Waals surface area contributed by atoms with Crippen LogP contribution in [0.4, 0.5) is 10.5 Å². The number of para-hydroxylation sites is 1. The summed E-state index contributed by atoms with van der Waals surface area (Å²) in [5.74, 6) is 1.01. The van der Waals surface area contributed by atoms with Crippen LogP contribution in [0, 0.1) is 6.92 Å². The summed E-state index contributed by atoms with van der Waals surface area (Å²) in [6.07, 6.45) is 0.238. The van der Waals surface area contributed by atoms with E-state index in [0.29, 0.717) is 17.2 Å². The fraction of sp³-hybridized carbons (Fsp3) is 0.222. The summed E-state index contributed by atoms with van der Waals surface area (Å²) < 4.78 is 11.2. The van der Waals surface area contributed by atoms with Gasteiger partial charge in [0.2, 0.25) is 5.91 Å². The monoisotopic (exact) mass is 473 g/mol. The number of benzene rings is 3. The van der Waals surface area contributed by atoms with Gasteiger partial charge in [-0.2, -0.15) is 0 Å². The Morgan fingerprint density at radius 3 is 2.46 bits per heavy atom. The zero-order valence-electron chi connectivity index (χ0n) is 19.8. The van der Waals surface area contributed by atoms with Gasteiger partial charge >= 0.3 is 6.03 Å². The summed E-state index contributed by atoms with van der Waals surface area (Å²) in [7, 11) is 1.55. The molecule has 35 heavy (non-hydrogen) atoms. The molecule has 8 heteroatoms. The predicted molar refractivity (Wildman–Crippen MR) is 132 cm³/mol. The van der Waals surface area contributed by atoms with Crippen molar-refractivity contribution in [1.29, 1.82) is 0 Å². The molecule has 1 aliphatic rings. The van der Waals surface area contributed by atoms with E-state index in [2.05, 4.69) is 10.6 Å². The molecule has 3 aromatic rings.